The van der Waals surface area contributed by atoms with Crippen molar-refractivity contribution in [3.05, 3.63) is 53.8 Å². The molecule has 0 fully saturated rings. The van der Waals surface area contributed by atoms with E-state index in [1.54, 1.807) is 11.9 Å². The number of nitrogens with one attached hydrogen (secondary N) is 1. The van der Waals surface area contributed by atoms with Gasteiger partial charge < -0.3 is 10.5 Å². The van der Waals surface area contributed by atoms with Crippen molar-refractivity contribution in [1.82, 2.24) is 4.72 Å². The van der Waals surface area contributed by atoms with Gasteiger partial charge in [0.2, 0.25) is 0 Å². The van der Waals surface area contributed by atoms with Gasteiger partial charge in [-0.15, -0.1) is 11.6 Å². The Bertz CT molecular complexity index is 634. The van der Waals surface area contributed by atoms with Crippen LogP contribution in [0.3, 0.4) is 0 Å². The lowest BCUT2D eigenvalue weighted by Gasteiger charge is -2.18. The van der Waals surface area contributed by atoms with Crippen LogP contribution in [0.25, 0.3) is 0 Å². The molecule has 1 heterocycles. The largest absolute Gasteiger partial charge is 0.400 e. The van der Waals surface area contributed by atoms with E-state index >= 15 is 0 Å². The normalized spacial score (nSPS) is 23.9. The first-order valence-corrected chi connectivity index (χ1v) is 7.55. The smallest absolute Gasteiger partial charge is 0.139 e. The molecule has 6 heteroatoms. The maximum atomic E-state index is 6.32. The Morgan fingerprint density at radius 1 is 1.30 bits per heavy atom. The zero-order valence-electron chi connectivity index (χ0n) is 10.6. The van der Waals surface area contributed by atoms with Gasteiger partial charge in [-0.05, 0) is 36.2 Å². The summed E-state index contributed by atoms with van der Waals surface area (Å²) in [5.41, 5.74) is 9.08. The van der Waals surface area contributed by atoms with Gasteiger partial charge in [0.15, 0.2) is 0 Å². The molecule has 0 saturated carbocycles. The van der Waals surface area contributed by atoms with Crippen LogP contribution in [-0.4, -0.2) is 22.8 Å². The van der Waals surface area contributed by atoms with Crippen molar-refractivity contribution in [3.63, 3.8) is 0 Å². The van der Waals surface area contributed by atoms with E-state index in [2.05, 4.69) is 14.7 Å². The minimum atomic E-state index is -0.409. The number of nitrogens with zero attached hydrogens (tertiary/aromatic N) is 2. The molecular formula is C14H13ClN4S. The fourth-order valence-electron chi connectivity index (χ4n) is 1.95. The van der Waals surface area contributed by atoms with Gasteiger partial charge in [-0.3, -0.25) is 9.98 Å². The number of hydrogen-bond donors (Lipinski definition) is 2. The van der Waals surface area contributed by atoms with Crippen molar-refractivity contribution in [2.24, 2.45) is 15.7 Å². The minimum Gasteiger partial charge on any atom is -0.400 e. The molecule has 102 valence electrons. The fraction of sp³-hybridized carbons (Fsp3) is 0.143. The van der Waals surface area contributed by atoms with Crippen molar-refractivity contribution in [2.45, 2.75) is 5.38 Å². The second-order valence-corrected chi connectivity index (χ2v) is 5.55. The molecule has 1 aromatic rings. The molecule has 4 nitrogen and oxygen atoms in total. The van der Waals surface area contributed by atoms with E-state index in [-0.39, 0.29) is 0 Å². The van der Waals surface area contributed by atoms with Gasteiger partial charge in [0.1, 0.15) is 17.1 Å². The average molecular weight is 305 g/mol. The Morgan fingerprint density at radius 2 is 2.10 bits per heavy atom. The molecule has 0 amide bonds. The van der Waals surface area contributed by atoms with E-state index in [0.717, 1.165) is 22.8 Å². The van der Waals surface area contributed by atoms with Crippen molar-refractivity contribution in [3.8, 4) is 0 Å². The molecule has 0 aromatic heterocycles. The lowest BCUT2D eigenvalue weighted by Crippen LogP contribution is -2.27. The Labute approximate surface area is 126 Å². The van der Waals surface area contributed by atoms with E-state index in [1.807, 2.05) is 42.5 Å². The number of benzene rings is 1. The maximum absolute atomic E-state index is 6.32. The molecule has 0 bridgehead atoms. The van der Waals surface area contributed by atoms with Gasteiger partial charge >= 0.3 is 0 Å². The predicted molar refractivity (Wildman–Crippen MR) is 86.6 cm³/mol. The number of hydrogen-bond acceptors (Lipinski definition) is 5. The highest BCUT2D eigenvalue weighted by molar-refractivity contribution is 7.98. The second kappa shape index (κ2) is 5.73. The summed E-state index contributed by atoms with van der Waals surface area (Å²) in [6, 6.07) is 9.69. The van der Waals surface area contributed by atoms with Gasteiger partial charge in [-0.25, -0.2) is 0 Å². The summed E-state index contributed by atoms with van der Waals surface area (Å²) >= 11 is 7.87. The summed E-state index contributed by atoms with van der Waals surface area (Å²) in [6.07, 6.45) is 3.78. The number of para-hydroxylation sites is 1. The molecule has 3 N–H and O–H groups in total. The summed E-state index contributed by atoms with van der Waals surface area (Å²) in [4.78, 5) is 8.93. The Hall–Kier alpha value is -1.72. The monoisotopic (exact) mass is 304 g/mol. The highest BCUT2D eigenvalue weighted by atomic mass is 35.5. The van der Waals surface area contributed by atoms with Crippen molar-refractivity contribution < 1.29 is 0 Å². The highest BCUT2D eigenvalue weighted by Crippen LogP contribution is 2.23. The molecular weight excluding hydrogens is 292 g/mol. The standard InChI is InChI=1S/C14H13ClN4S/c15-13-11(16)6-9(14-17-8-20-19-14)7-12(13)18-10-4-2-1-3-5-10/h1-7,13H,8,16H2,(H,17,19). The third kappa shape index (κ3) is 2.73. The van der Waals surface area contributed by atoms with Gasteiger partial charge in [-0.1, -0.05) is 18.2 Å². The Morgan fingerprint density at radius 3 is 2.80 bits per heavy atom. The van der Waals surface area contributed by atoms with Crippen molar-refractivity contribution >= 4 is 40.8 Å². The molecule has 0 saturated heterocycles. The first kappa shape index (κ1) is 13.3. The van der Waals surface area contributed by atoms with Crippen LogP contribution in [0.4, 0.5) is 5.69 Å². The summed E-state index contributed by atoms with van der Waals surface area (Å²) in [5.74, 6) is 1.53. The van der Waals surface area contributed by atoms with Crippen LogP contribution < -0.4 is 10.5 Å². The first-order chi connectivity index (χ1) is 9.74. The first-order valence-electron chi connectivity index (χ1n) is 6.13. The lowest BCUT2D eigenvalue weighted by molar-refractivity contribution is 1.19. The van der Waals surface area contributed by atoms with E-state index in [9.17, 15) is 0 Å². The predicted octanol–water partition coefficient (Wildman–Crippen LogP) is 2.76. The lowest BCUT2D eigenvalue weighted by atomic mass is 10.0. The van der Waals surface area contributed by atoms with Crippen LogP contribution in [-0.2, 0) is 0 Å². The Kier molecular flexibility index (Phi) is 3.80. The summed E-state index contributed by atoms with van der Waals surface area (Å²) in [5, 5.41) is -0.409. The van der Waals surface area contributed by atoms with E-state index < -0.39 is 5.38 Å². The van der Waals surface area contributed by atoms with Gasteiger partial charge in [0.25, 0.3) is 0 Å². The molecule has 1 aromatic carbocycles. The third-order valence-corrected chi connectivity index (χ3v) is 3.99. The van der Waals surface area contributed by atoms with E-state index in [0.29, 0.717) is 11.6 Å². The zero-order valence-corrected chi connectivity index (χ0v) is 12.2. The number of nitrogens with two attached hydrogens (primary N) is 1. The van der Waals surface area contributed by atoms with Gasteiger partial charge in [0.05, 0.1) is 11.4 Å². The van der Waals surface area contributed by atoms with Crippen LogP contribution in [0.5, 0.6) is 0 Å². The van der Waals surface area contributed by atoms with Crippen LogP contribution in [0.1, 0.15) is 0 Å². The number of halogens is 1. The van der Waals surface area contributed by atoms with Crippen LogP contribution in [0, 0.1) is 0 Å². The number of amidine groups is 1. The van der Waals surface area contributed by atoms with Gasteiger partial charge in [0, 0.05) is 11.3 Å². The van der Waals surface area contributed by atoms with Crippen LogP contribution in [0.2, 0.25) is 0 Å². The maximum Gasteiger partial charge on any atom is 0.139 e. The highest BCUT2D eigenvalue weighted by Gasteiger charge is 2.22. The third-order valence-electron chi connectivity index (χ3n) is 2.92. The Balaban J connectivity index is 1.97. The van der Waals surface area contributed by atoms with E-state index in [1.165, 1.54) is 0 Å². The molecule has 3 rings (SSSR count). The van der Waals surface area contributed by atoms with Crippen LogP contribution >= 0.6 is 23.5 Å². The van der Waals surface area contributed by atoms with E-state index in [4.69, 9.17) is 17.3 Å². The summed E-state index contributed by atoms with van der Waals surface area (Å²) < 4.78 is 3.15. The van der Waals surface area contributed by atoms with Crippen molar-refractivity contribution in [2.75, 3.05) is 5.88 Å². The van der Waals surface area contributed by atoms with Crippen LogP contribution in [0.15, 0.2) is 63.7 Å². The minimum absolute atomic E-state index is 0.409. The average Bonchev–Trinajstić information content (AvgIpc) is 2.99. The molecule has 1 unspecified atom stereocenters. The fourth-order valence-corrected chi connectivity index (χ4v) is 2.71. The van der Waals surface area contributed by atoms with Crippen molar-refractivity contribution in [1.29, 1.82) is 0 Å². The molecule has 1 atom stereocenters. The molecule has 2 aliphatic rings. The zero-order chi connectivity index (χ0) is 13.9. The quantitative estimate of drug-likeness (QED) is 0.652. The number of rotatable bonds is 2. The second-order valence-electron chi connectivity index (χ2n) is 4.36. The molecule has 0 spiro atoms. The van der Waals surface area contributed by atoms with Gasteiger partial charge in [-0.2, -0.15) is 0 Å². The molecule has 20 heavy (non-hydrogen) atoms. The molecule has 0 radical (unpaired) electrons. The summed E-state index contributed by atoms with van der Waals surface area (Å²) in [7, 11) is 0. The molecule has 1 aliphatic carbocycles. The molecule has 1 aliphatic heterocycles. The topological polar surface area (TPSA) is 62.8 Å². The number of alkyl halides is 1. The number of aliphatic imine (C=N–C) groups is 2. The summed E-state index contributed by atoms with van der Waals surface area (Å²) in [6.45, 7) is 0. The number of allylic oxidation sites excluding steroid dienone is 2. The SMILES string of the molecule is NC1=CC(C2=NCSN2)=CC(=Nc2ccccc2)C1Cl.